The number of rotatable bonds is 7. The third-order valence-electron chi connectivity index (χ3n) is 6.34. The Hall–Kier alpha value is -3.61. The number of hydrogen-bond acceptors (Lipinski definition) is 5. The van der Waals surface area contributed by atoms with Gasteiger partial charge in [-0.15, -0.1) is 0 Å². The van der Waals surface area contributed by atoms with Crippen molar-refractivity contribution in [2.24, 2.45) is 11.8 Å². The molecule has 3 aromatic rings. The highest BCUT2D eigenvalue weighted by Crippen LogP contribution is 2.33. The average molecular weight is 450 g/mol. The molecular weight excluding hydrogens is 422 g/mol. The third kappa shape index (κ3) is 5.25. The van der Waals surface area contributed by atoms with Gasteiger partial charge in [-0.25, -0.2) is 4.79 Å². The SMILES string of the molecule is Cc1c(OCC(=O)NCC2CCC(C(=O)O)CC2)ccc2c(-c3ccccc3)cc(=O)oc12. The quantitative estimate of drug-likeness (QED) is 0.525. The Morgan fingerprint density at radius 2 is 1.82 bits per heavy atom. The lowest BCUT2D eigenvalue weighted by Gasteiger charge is -2.26. The predicted octanol–water partition coefficient (Wildman–Crippen LogP) is 4.15. The van der Waals surface area contributed by atoms with Crippen LogP contribution >= 0.6 is 0 Å². The first-order valence-corrected chi connectivity index (χ1v) is 11.2. The van der Waals surface area contributed by atoms with Gasteiger partial charge in [0.1, 0.15) is 11.3 Å². The van der Waals surface area contributed by atoms with Crippen LogP contribution in [-0.4, -0.2) is 30.1 Å². The number of benzene rings is 2. The summed E-state index contributed by atoms with van der Waals surface area (Å²) >= 11 is 0. The van der Waals surface area contributed by atoms with Crippen molar-refractivity contribution in [1.82, 2.24) is 5.32 Å². The van der Waals surface area contributed by atoms with Gasteiger partial charge in [0.25, 0.3) is 5.91 Å². The van der Waals surface area contributed by atoms with Crippen molar-refractivity contribution < 1.29 is 23.8 Å². The zero-order chi connectivity index (χ0) is 23.4. The molecule has 1 amide bonds. The highest BCUT2D eigenvalue weighted by atomic mass is 16.5. The maximum Gasteiger partial charge on any atom is 0.336 e. The monoisotopic (exact) mass is 449 g/mol. The van der Waals surface area contributed by atoms with Crippen LogP contribution in [0.2, 0.25) is 0 Å². The van der Waals surface area contributed by atoms with Crippen molar-refractivity contribution in [3.8, 4) is 16.9 Å². The first-order chi connectivity index (χ1) is 15.9. The lowest BCUT2D eigenvalue weighted by atomic mass is 9.82. The fraction of sp³-hybridized carbons (Fsp3) is 0.346. The molecule has 0 saturated heterocycles. The van der Waals surface area contributed by atoms with Crippen LogP contribution < -0.4 is 15.7 Å². The molecule has 1 fully saturated rings. The van der Waals surface area contributed by atoms with E-state index in [9.17, 15) is 14.4 Å². The number of ether oxygens (including phenoxy) is 1. The maximum atomic E-state index is 12.3. The summed E-state index contributed by atoms with van der Waals surface area (Å²) in [5.41, 5.74) is 2.35. The highest BCUT2D eigenvalue weighted by Gasteiger charge is 2.26. The van der Waals surface area contributed by atoms with E-state index in [1.807, 2.05) is 36.4 Å². The standard InChI is InChI=1S/C26H27NO6/c1-16-22(32-15-23(28)27-14-17-7-9-19(10-8-17)26(30)31)12-11-20-21(13-24(29)33-25(16)20)18-5-3-2-4-6-18/h2-6,11-13,17,19H,7-10,14-15H2,1H3,(H,27,28)(H,30,31). The molecule has 7 heteroatoms. The van der Waals surface area contributed by atoms with Crippen molar-refractivity contribution in [3.63, 3.8) is 0 Å². The number of nitrogens with one attached hydrogen (secondary N) is 1. The largest absolute Gasteiger partial charge is 0.483 e. The number of carbonyl (C=O) groups is 2. The van der Waals surface area contributed by atoms with Gasteiger partial charge in [0.2, 0.25) is 0 Å². The molecule has 0 atom stereocenters. The highest BCUT2D eigenvalue weighted by molar-refractivity contribution is 5.95. The number of amides is 1. The number of carbonyl (C=O) groups excluding carboxylic acids is 1. The minimum atomic E-state index is -0.733. The molecule has 33 heavy (non-hydrogen) atoms. The molecule has 4 rings (SSSR count). The van der Waals surface area contributed by atoms with Crippen molar-refractivity contribution >= 4 is 22.8 Å². The third-order valence-corrected chi connectivity index (χ3v) is 6.34. The van der Waals surface area contributed by atoms with Crippen LogP contribution in [-0.2, 0) is 9.59 Å². The van der Waals surface area contributed by atoms with E-state index in [-0.39, 0.29) is 24.3 Å². The van der Waals surface area contributed by atoms with E-state index in [1.54, 1.807) is 13.0 Å². The van der Waals surface area contributed by atoms with Crippen LogP contribution in [0.4, 0.5) is 0 Å². The average Bonchev–Trinajstić information content (AvgIpc) is 2.83. The van der Waals surface area contributed by atoms with Crippen molar-refractivity contribution in [3.05, 3.63) is 64.5 Å². The smallest absolute Gasteiger partial charge is 0.336 e. The molecule has 0 spiro atoms. The topological polar surface area (TPSA) is 106 Å². The number of carboxylic acid groups (broad SMARTS) is 1. The molecule has 1 heterocycles. The molecule has 0 aliphatic heterocycles. The van der Waals surface area contributed by atoms with Gasteiger partial charge in [-0.05, 0) is 61.8 Å². The Bertz CT molecular complexity index is 1210. The Balaban J connectivity index is 1.40. The van der Waals surface area contributed by atoms with E-state index in [2.05, 4.69) is 5.32 Å². The fourth-order valence-corrected chi connectivity index (χ4v) is 4.42. The molecule has 0 unspecified atom stereocenters. The maximum absolute atomic E-state index is 12.3. The Morgan fingerprint density at radius 1 is 1.09 bits per heavy atom. The van der Waals surface area contributed by atoms with Crippen LogP contribution in [0.15, 0.2) is 57.7 Å². The predicted molar refractivity (Wildman–Crippen MR) is 124 cm³/mol. The normalized spacial score (nSPS) is 18.1. The lowest BCUT2D eigenvalue weighted by molar-refractivity contribution is -0.143. The van der Waals surface area contributed by atoms with Gasteiger partial charge in [-0.3, -0.25) is 9.59 Å². The van der Waals surface area contributed by atoms with Gasteiger partial charge in [0, 0.05) is 23.6 Å². The summed E-state index contributed by atoms with van der Waals surface area (Å²) in [5.74, 6) is -0.470. The van der Waals surface area contributed by atoms with Crippen molar-refractivity contribution in [1.29, 1.82) is 0 Å². The molecule has 2 aromatic carbocycles. The minimum Gasteiger partial charge on any atom is -0.483 e. The van der Waals surface area contributed by atoms with Crippen LogP contribution in [0.1, 0.15) is 31.2 Å². The molecule has 1 aromatic heterocycles. The second kappa shape index (κ2) is 9.90. The van der Waals surface area contributed by atoms with Gasteiger partial charge in [0.05, 0.1) is 5.92 Å². The summed E-state index contributed by atoms with van der Waals surface area (Å²) in [6.45, 7) is 2.16. The lowest BCUT2D eigenvalue weighted by Crippen LogP contribution is -2.35. The van der Waals surface area contributed by atoms with Crippen LogP contribution in [0.25, 0.3) is 22.1 Å². The molecule has 172 valence electrons. The van der Waals surface area contributed by atoms with Crippen LogP contribution in [0, 0.1) is 18.8 Å². The molecule has 7 nitrogen and oxygen atoms in total. The summed E-state index contributed by atoms with van der Waals surface area (Å²) in [5, 5.41) is 12.8. The van der Waals surface area contributed by atoms with Crippen LogP contribution in [0.3, 0.4) is 0 Å². The molecule has 1 saturated carbocycles. The first-order valence-electron chi connectivity index (χ1n) is 11.2. The summed E-state index contributed by atoms with van der Waals surface area (Å²) in [6, 6.07) is 14.7. The molecule has 1 aliphatic carbocycles. The zero-order valence-electron chi connectivity index (χ0n) is 18.5. The van der Waals surface area contributed by atoms with E-state index in [0.717, 1.165) is 29.4 Å². The van der Waals surface area contributed by atoms with E-state index in [0.29, 0.717) is 36.3 Å². The second-order valence-electron chi connectivity index (χ2n) is 8.56. The molecular formula is C26H27NO6. The number of aliphatic carboxylic acids is 1. The number of fused-ring (bicyclic) bond motifs is 1. The number of carboxylic acids is 1. The van der Waals surface area contributed by atoms with Gasteiger partial charge in [0.15, 0.2) is 6.61 Å². The number of hydrogen-bond donors (Lipinski definition) is 2. The van der Waals surface area contributed by atoms with E-state index >= 15 is 0 Å². The summed E-state index contributed by atoms with van der Waals surface area (Å²) in [7, 11) is 0. The van der Waals surface area contributed by atoms with Crippen LogP contribution in [0.5, 0.6) is 5.75 Å². The summed E-state index contributed by atoms with van der Waals surface area (Å²) in [4.78, 5) is 35.5. The fourth-order valence-electron chi connectivity index (χ4n) is 4.42. The molecule has 0 bridgehead atoms. The Labute approximate surface area is 191 Å². The molecule has 0 radical (unpaired) electrons. The van der Waals surface area contributed by atoms with E-state index < -0.39 is 11.6 Å². The molecule has 1 aliphatic rings. The van der Waals surface area contributed by atoms with Gasteiger partial charge >= 0.3 is 11.6 Å². The second-order valence-corrected chi connectivity index (χ2v) is 8.56. The van der Waals surface area contributed by atoms with Gasteiger partial charge in [-0.1, -0.05) is 30.3 Å². The van der Waals surface area contributed by atoms with Crippen molar-refractivity contribution in [2.45, 2.75) is 32.6 Å². The number of aryl methyl sites for hydroxylation is 1. The Morgan fingerprint density at radius 3 is 2.52 bits per heavy atom. The Kier molecular flexibility index (Phi) is 6.77. The van der Waals surface area contributed by atoms with E-state index in [1.165, 1.54) is 6.07 Å². The van der Waals surface area contributed by atoms with E-state index in [4.69, 9.17) is 14.3 Å². The van der Waals surface area contributed by atoms with Gasteiger partial charge in [-0.2, -0.15) is 0 Å². The summed E-state index contributed by atoms with van der Waals surface area (Å²) in [6.07, 6.45) is 2.90. The van der Waals surface area contributed by atoms with Gasteiger partial charge < -0.3 is 19.6 Å². The first kappa shape index (κ1) is 22.6. The van der Waals surface area contributed by atoms with Crippen molar-refractivity contribution in [2.75, 3.05) is 13.2 Å². The minimum absolute atomic E-state index is 0.153. The summed E-state index contributed by atoms with van der Waals surface area (Å²) < 4.78 is 11.2. The molecule has 2 N–H and O–H groups in total. The zero-order valence-corrected chi connectivity index (χ0v) is 18.5.